The van der Waals surface area contributed by atoms with E-state index in [9.17, 15) is 0 Å². The Morgan fingerprint density at radius 3 is 3.13 bits per heavy atom. The number of aromatic nitrogens is 4. The largest absolute Gasteiger partial charge is 0.377 e. The minimum Gasteiger partial charge on any atom is -0.377 e. The predicted octanol–water partition coefficient (Wildman–Crippen LogP) is 1.39. The third-order valence-corrected chi connectivity index (χ3v) is 3.01. The summed E-state index contributed by atoms with van der Waals surface area (Å²) in [5.74, 6) is 1.07. The van der Waals surface area contributed by atoms with Gasteiger partial charge in [0.05, 0.1) is 6.54 Å². The lowest BCUT2D eigenvalue weighted by molar-refractivity contribution is 0.714. The van der Waals surface area contributed by atoms with Crippen LogP contribution in [-0.2, 0) is 13.0 Å². The first-order valence-electron chi connectivity index (χ1n) is 4.84. The summed E-state index contributed by atoms with van der Waals surface area (Å²) in [4.78, 5) is 4.27. The molecular weight excluding hydrogens is 210 g/mol. The van der Waals surface area contributed by atoms with E-state index in [2.05, 4.69) is 31.4 Å². The zero-order chi connectivity index (χ0) is 10.7. The lowest BCUT2D eigenvalue weighted by atomic mass is 10.4. The molecule has 2 aromatic rings. The highest BCUT2D eigenvalue weighted by molar-refractivity contribution is 7.10. The summed E-state index contributed by atoms with van der Waals surface area (Å²) in [6, 6.07) is 0. The van der Waals surface area contributed by atoms with Gasteiger partial charge in [0.1, 0.15) is 16.5 Å². The second-order valence-corrected chi connectivity index (χ2v) is 3.88. The number of anilines is 1. The van der Waals surface area contributed by atoms with Crippen LogP contribution in [0.3, 0.4) is 0 Å². The Bertz CT molecular complexity index is 393. The Morgan fingerprint density at radius 1 is 1.53 bits per heavy atom. The molecule has 0 fully saturated rings. The maximum atomic E-state index is 4.27. The van der Waals surface area contributed by atoms with Crippen molar-refractivity contribution in [2.45, 2.75) is 19.9 Å². The van der Waals surface area contributed by atoms with Gasteiger partial charge in [0.15, 0.2) is 0 Å². The standard InChI is InChI=1S/C9H13N5S/c1-3-8-11-4-5-14(8)6-7-9(10-2)15-13-12-7/h4-5,10H,3,6H2,1-2H3. The van der Waals surface area contributed by atoms with Crippen molar-refractivity contribution in [3.05, 3.63) is 23.9 Å². The number of rotatable bonds is 4. The van der Waals surface area contributed by atoms with Crippen LogP contribution in [0.1, 0.15) is 18.4 Å². The maximum absolute atomic E-state index is 4.27. The summed E-state index contributed by atoms with van der Waals surface area (Å²) < 4.78 is 6.02. The van der Waals surface area contributed by atoms with Crippen LogP contribution in [0.15, 0.2) is 12.4 Å². The molecule has 2 heterocycles. The van der Waals surface area contributed by atoms with Crippen LogP contribution >= 0.6 is 11.5 Å². The smallest absolute Gasteiger partial charge is 0.134 e. The fourth-order valence-electron chi connectivity index (χ4n) is 1.46. The van der Waals surface area contributed by atoms with Crippen molar-refractivity contribution in [3.8, 4) is 0 Å². The molecular formula is C9H13N5S. The molecule has 0 bridgehead atoms. The number of imidazole rings is 1. The molecule has 0 spiro atoms. The maximum Gasteiger partial charge on any atom is 0.134 e. The molecule has 1 N–H and O–H groups in total. The Morgan fingerprint density at radius 2 is 2.40 bits per heavy atom. The van der Waals surface area contributed by atoms with Crippen LogP contribution < -0.4 is 5.32 Å². The normalized spacial score (nSPS) is 10.5. The van der Waals surface area contributed by atoms with Gasteiger partial charge in [0.2, 0.25) is 0 Å². The Labute approximate surface area is 92.3 Å². The van der Waals surface area contributed by atoms with Gasteiger partial charge in [0.25, 0.3) is 0 Å². The van der Waals surface area contributed by atoms with Crippen molar-refractivity contribution < 1.29 is 0 Å². The molecule has 0 amide bonds. The molecule has 0 aliphatic heterocycles. The number of aryl methyl sites for hydroxylation is 1. The zero-order valence-corrected chi connectivity index (χ0v) is 9.58. The Balaban J connectivity index is 2.21. The lowest BCUT2D eigenvalue weighted by Gasteiger charge is -2.04. The van der Waals surface area contributed by atoms with Crippen LogP contribution in [0.2, 0.25) is 0 Å². The van der Waals surface area contributed by atoms with Crippen molar-refractivity contribution in [1.82, 2.24) is 19.1 Å². The molecule has 0 aromatic carbocycles. The van der Waals surface area contributed by atoms with Gasteiger partial charge in [0, 0.05) is 37.4 Å². The SMILES string of the molecule is CCc1nccn1Cc1nnsc1NC. The summed E-state index contributed by atoms with van der Waals surface area (Å²) in [6.07, 6.45) is 4.72. The monoisotopic (exact) mass is 223 g/mol. The zero-order valence-electron chi connectivity index (χ0n) is 8.77. The summed E-state index contributed by atoms with van der Waals surface area (Å²) in [6.45, 7) is 2.83. The molecule has 0 saturated carbocycles. The van der Waals surface area contributed by atoms with Gasteiger partial charge in [-0.2, -0.15) is 0 Å². The highest BCUT2D eigenvalue weighted by Gasteiger charge is 2.08. The van der Waals surface area contributed by atoms with E-state index in [-0.39, 0.29) is 0 Å². The number of hydrogen-bond donors (Lipinski definition) is 1. The van der Waals surface area contributed by atoms with E-state index in [0.29, 0.717) is 0 Å². The third kappa shape index (κ3) is 1.99. The van der Waals surface area contributed by atoms with Gasteiger partial charge in [-0.05, 0) is 0 Å². The van der Waals surface area contributed by atoms with Gasteiger partial charge < -0.3 is 9.88 Å². The van der Waals surface area contributed by atoms with E-state index in [1.54, 1.807) is 0 Å². The lowest BCUT2D eigenvalue weighted by Crippen LogP contribution is -2.05. The number of nitrogens with one attached hydrogen (secondary N) is 1. The van der Waals surface area contributed by atoms with Crippen molar-refractivity contribution in [2.24, 2.45) is 0 Å². The quantitative estimate of drug-likeness (QED) is 0.851. The van der Waals surface area contributed by atoms with Gasteiger partial charge >= 0.3 is 0 Å². The summed E-state index contributed by atoms with van der Waals surface area (Å²) >= 11 is 1.38. The van der Waals surface area contributed by atoms with E-state index in [4.69, 9.17) is 0 Å². The topological polar surface area (TPSA) is 55.6 Å². The van der Waals surface area contributed by atoms with Crippen molar-refractivity contribution in [1.29, 1.82) is 0 Å². The average Bonchev–Trinajstić information content (AvgIpc) is 2.87. The van der Waals surface area contributed by atoms with E-state index < -0.39 is 0 Å². The minimum absolute atomic E-state index is 0.732. The number of nitrogens with zero attached hydrogens (tertiary/aromatic N) is 4. The molecule has 0 aliphatic carbocycles. The number of hydrogen-bond acceptors (Lipinski definition) is 5. The molecule has 0 radical (unpaired) electrons. The Kier molecular flexibility index (Phi) is 2.96. The van der Waals surface area contributed by atoms with Gasteiger partial charge in [-0.15, -0.1) is 5.10 Å². The van der Waals surface area contributed by atoms with Crippen LogP contribution in [0.25, 0.3) is 0 Å². The first-order chi connectivity index (χ1) is 7.35. The van der Waals surface area contributed by atoms with Crippen molar-refractivity contribution >= 4 is 16.5 Å². The summed E-state index contributed by atoms with van der Waals surface area (Å²) in [7, 11) is 1.88. The fraction of sp³-hybridized carbons (Fsp3) is 0.444. The summed E-state index contributed by atoms with van der Waals surface area (Å²) in [5, 5.41) is 8.20. The fourth-order valence-corrected chi connectivity index (χ4v) is 1.98. The average molecular weight is 223 g/mol. The molecule has 6 heteroatoms. The van der Waals surface area contributed by atoms with E-state index >= 15 is 0 Å². The van der Waals surface area contributed by atoms with Crippen LogP contribution in [0.5, 0.6) is 0 Å². The molecule has 0 unspecified atom stereocenters. The molecule has 80 valence electrons. The van der Waals surface area contributed by atoms with Crippen molar-refractivity contribution in [3.63, 3.8) is 0 Å². The molecule has 5 nitrogen and oxygen atoms in total. The molecule has 2 aromatic heterocycles. The van der Waals surface area contributed by atoms with Crippen LogP contribution in [0, 0.1) is 0 Å². The van der Waals surface area contributed by atoms with Crippen molar-refractivity contribution in [2.75, 3.05) is 12.4 Å². The second kappa shape index (κ2) is 4.39. The highest BCUT2D eigenvalue weighted by Crippen LogP contribution is 2.18. The molecule has 2 rings (SSSR count). The molecule has 0 atom stereocenters. The van der Waals surface area contributed by atoms with E-state index in [1.165, 1.54) is 11.5 Å². The van der Waals surface area contributed by atoms with Gasteiger partial charge in [-0.3, -0.25) is 0 Å². The van der Waals surface area contributed by atoms with Gasteiger partial charge in [-0.25, -0.2) is 4.98 Å². The minimum atomic E-state index is 0.732. The van der Waals surface area contributed by atoms with Crippen LogP contribution in [0.4, 0.5) is 5.00 Å². The van der Waals surface area contributed by atoms with Crippen LogP contribution in [-0.4, -0.2) is 26.2 Å². The second-order valence-electron chi connectivity index (χ2n) is 3.12. The first-order valence-corrected chi connectivity index (χ1v) is 5.61. The first kappa shape index (κ1) is 10.1. The molecule has 15 heavy (non-hydrogen) atoms. The predicted molar refractivity (Wildman–Crippen MR) is 60.2 cm³/mol. The Hall–Kier alpha value is -1.43. The molecule has 0 saturated heterocycles. The molecule has 0 aliphatic rings. The van der Waals surface area contributed by atoms with Gasteiger partial charge in [-0.1, -0.05) is 11.4 Å². The van der Waals surface area contributed by atoms with E-state index in [0.717, 1.165) is 29.5 Å². The highest BCUT2D eigenvalue weighted by atomic mass is 32.1. The third-order valence-electron chi connectivity index (χ3n) is 2.22. The summed E-state index contributed by atoms with van der Waals surface area (Å²) in [5.41, 5.74) is 0.968. The van der Waals surface area contributed by atoms with E-state index in [1.807, 2.05) is 19.4 Å².